The van der Waals surface area contributed by atoms with E-state index in [9.17, 15) is 4.79 Å². The van der Waals surface area contributed by atoms with E-state index in [1.807, 2.05) is 30.3 Å². The minimum absolute atomic E-state index is 0.575. The standard InChI is InChI=1S/C17H16Cl3NO3S/c1-23-12-7-8-14(24-2)11(9-12)10-25-15-6-4-3-5-13(15)21-16(22)17(18,19)20/h3-9H,10H2,1-2H3,(H,21,22). The summed E-state index contributed by atoms with van der Waals surface area (Å²) in [6, 6.07) is 12.9. The average molecular weight is 421 g/mol. The van der Waals surface area contributed by atoms with Crippen molar-refractivity contribution in [3.05, 3.63) is 48.0 Å². The van der Waals surface area contributed by atoms with Gasteiger partial charge in [-0.3, -0.25) is 4.79 Å². The Balaban J connectivity index is 2.18. The van der Waals surface area contributed by atoms with Crippen molar-refractivity contribution in [2.24, 2.45) is 0 Å². The molecule has 0 spiro atoms. The van der Waals surface area contributed by atoms with Crippen molar-refractivity contribution in [1.29, 1.82) is 0 Å². The highest BCUT2D eigenvalue weighted by molar-refractivity contribution is 7.98. The third kappa shape index (κ3) is 5.61. The van der Waals surface area contributed by atoms with Gasteiger partial charge in [-0.25, -0.2) is 0 Å². The normalized spacial score (nSPS) is 11.1. The topological polar surface area (TPSA) is 47.6 Å². The van der Waals surface area contributed by atoms with E-state index in [0.29, 0.717) is 11.4 Å². The molecule has 0 heterocycles. The minimum Gasteiger partial charge on any atom is -0.497 e. The van der Waals surface area contributed by atoms with Gasteiger partial charge >= 0.3 is 0 Å². The number of alkyl halides is 3. The summed E-state index contributed by atoms with van der Waals surface area (Å²) in [6.45, 7) is 0. The summed E-state index contributed by atoms with van der Waals surface area (Å²) < 4.78 is 8.62. The highest BCUT2D eigenvalue weighted by Gasteiger charge is 2.31. The molecule has 0 aliphatic carbocycles. The van der Waals surface area contributed by atoms with Gasteiger partial charge in [0.2, 0.25) is 0 Å². The van der Waals surface area contributed by atoms with Gasteiger partial charge in [-0.1, -0.05) is 46.9 Å². The van der Waals surface area contributed by atoms with Crippen LogP contribution in [0.1, 0.15) is 5.56 Å². The van der Waals surface area contributed by atoms with Crippen molar-refractivity contribution in [3.63, 3.8) is 0 Å². The quantitative estimate of drug-likeness (QED) is 0.508. The molecule has 0 unspecified atom stereocenters. The molecule has 0 fully saturated rings. The molecule has 2 aromatic carbocycles. The van der Waals surface area contributed by atoms with Crippen LogP contribution in [0.4, 0.5) is 5.69 Å². The van der Waals surface area contributed by atoms with E-state index in [0.717, 1.165) is 22.0 Å². The first-order valence-corrected chi connectivity index (χ1v) is 9.28. The number of hydrogen-bond acceptors (Lipinski definition) is 4. The molecule has 0 radical (unpaired) electrons. The lowest BCUT2D eigenvalue weighted by Crippen LogP contribution is -2.27. The highest BCUT2D eigenvalue weighted by atomic mass is 35.6. The van der Waals surface area contributed by atoms with Crippen LogP contribution < -0.4 is 14.8 Å². The zero-order valence-corrected chi connectivity index (χ0v) is 16.6. The van der Waals surface area contributed by atoms with Crippen LogP contribution in [0.3, 0.4) is 0 Å². The maximum absolute atomic E-state index is 11.9. The zero-order chi connectivity index (χ0) is 18.4. The molecule has 134 valence electrons. The van der Waals surface area contributed by atoms with Gasteiger partial charge in [0.15, 0.2) is 0 Å². The molecular weight excluding hydrogens is 405 g/mol. The molecule has 1 N–H and O–H groups in total. The molecule has 2 rings (SSSR count). The fraction of sp³-hybridized carbons (Fsp3) is 0.235. The van der Waals surface area contributed by atoms with Crippen molar-refractivity contribution in [1.82, 2.24) is 0 Å². The van der Waals surface area contributed by atoms with Gasteiger partial charge in [0.05, 0.1) is 19.9 Å². The van der Waals surface area contributed by atoms with Gasteiger partial charge in [0, 0.05) is 16.2 Å². The SMILES string of the molecule is COc1ccc(OC)c(CSc2ccccc2NC(=O)C(Cl)(Cl)Cl)c1. The van der Waals surface area contributed by atoms with E-state index in [2.05, 4.69) is 5.32 Å². The summed E-state index contributed by atoms with van der Waals surface area (Å²) in [4.78, 5) is 12.7. The molecule has 4 nitrogen and oxygen atoms in total. The monoisotopic (exact) mass is 419 g/mol. The third-order valence-corrected chi connectivity index (χ3v) is 4.90. The van der Waals surface area contributed by atoms with Crippen LogP contribution in [0.25, 0.3) is 0 Å². The van der Waals surface area contributed by atoms with Gasteiger partial charge < -0.3 is 14.8 Å². The second kappa shape index (κ2) is 8.90. The lowest BCUT2D eigenvalue weighted by molar-refractivity contribution is -0.115. The maximum atomic E-state index is 11.9. The summed E-state index contributed by atoms with van der Waals surface area (Å²) in [7, 11) is 3.23. The van der Waals surface area contributed by atoms with Crippen LogP contribution in [0.5, 0.6) is 11.5 Å². The Labute approximate surface area is 165 Å². The Morgan fingerprint density at radius 3 is 2.48 bits per heavy atom. The Bertz CT molecular complexity index is 750. The smallest absolute Gasteiger partial charge is 0.276 e. The van der Waals surface area contributed by atoms with Crippen molar-refractivity contribution in [2.45, 2.75) is 14.4 Å². The predicted octanol–water partition coefficient (Wildman–Crippen LogP) is 5.30. The lowest BCUT2D eigenvalue weighted by atomic mass is 10.2. The van der Waals surface area contributed by atoms with Crippen molar-refractivity contribution in [2.75, 3.05) is 19.5 Å². The van der Waals surface area contributed by atoms with E-state index in [4.69, 9.17) is 44.3 Å². The van der Waals surface area contributed by atoms with E-state index < -0.39 is 9.70 Å². The van der Waals surface area contributed by atoms with Crippen molar-refractivity contribution < 1.29 is 14.3 Å². The Kier molecular flexibility index (Phi) is 7.14. The zero-order valence-electron chi connectivity index (χ0n) is 13.5. The molecule has 2 aromatic rings. The summed E-state index contributed by atoms with van der Waals surface area (Å²) in [6.07, 6.45) is 0. The average Bonchev–Trinajstić information content (AvgIpc) is 2.59. The molecule has 0 saturated carbocycles. The second-order valence-corrected chi connectivity index (χ2v) is 8.21. The molecule has 1 amide bonds. The molecule has 0 aliphatic heterocycles. The van der Waals surface area contributed by atoms with Gasteiger partial charge in [-0.2, -0.15) is 0 Å². The number of halogens is 3. The molecular formula is C17H16Cl3NO3S. The third-order valence-electron chi connectivity index (χ3n) is 3.26. The second-order valence-electron chi connectivity index (χ2n) is 4.91. The molecule has 0 bridgehead atoms. The number of carbonyl (C=O) groups excluding carboxylic acids is 1. The number of thioether (sulfide) groups is 1. The first kappa shape index (κ1) is 20.0. The number of methoxy groups -OCH3 is 2. The van der Waals surface area contributed by atoms with Gasteiger partial charge in [-0.05, 0) is 30.3 Å². The van der Waals surface area contributed by atoms with E-state index in [1.54, 1.807) is 26.4 Å². The molecule has 25 heavy (non-hydrogen) atoms. The summed E-state index contributed by atoms with van der Waals surface area (Å²) in [5.74, 6) is 1.41. The van der Waals surface area contributed by atoms with Crippen LogP contribution in [-0.2, 0) is 10.5 Å². The molecule has 8 heteroatoms. The number of para-hydroxylation sites is 1. The maximum Gasteiger partial charge on any atom is 0.276 e. The first-order valence-electron chi connectivity index (χ1n) is 7.16. The van der Waals surface area contributed by atoms with Crippen molar-refractivity contribution in [3.8, 4) is 11.5 Å². The number of amides is 1. The Hall–Kier alpha value is -1.27. The molecule has 0 saturated heterocycles. The molecule has 0 atom stereocenters. The van der Waals surface area contributed by atoms with Crippen LogP contribution in [-0.4, -0.2) is 23.9 Å². The first-order chi connectivity index (χ1) is 11.8. The fourth-order valence-corrected chi connectivity index (χ4v) is 3.17. The Morgan fingerprint density at radius 1 is 1.12 bits per heavy atom. The van der Waals surface area contributed by atoms with Gasteiger partial charge in [0.1, 0.15) is 11.5 Å². The van der Waals surface area contributed by atoms with Crippen molar-refractivity contribution >= 4 is 58.2 Å². The number of ether oxygens (including phenoxy) is 2. The van der Waals surface area contributed by atoms with Crippen LogP contribution in [0.15, 0.2) is 47.4 Å². The summed E-state index contributed by atoms with van der Waals surface area (Å²) >= 11 is 18.4. The summed E-state index contributed by atoms with van der Waals surface area (Å²) in [5.41, 5.74) is 1.54. The largest absolute Gasteiger partial charge is 0.497 e. The van der Waals surface area contributed by atoms with E-state index in [-0.39, 0.29) is 0 Å². The lowest BCUT2D eigenvalue weighted by Gasteiger charge is -2.15. The highest BCUT2D eigenvalue weighted by Crippen LogP contribution is 2.35. The van der Waals surface area contributed by atoms with Crippen LogP contribution in [0, 0.1) is 0 Å². The minimum atomic E-state index is -2.02. The number of carbonyl (C=O) groups is 1. The van der Waals surface area contributed by atoms with E-state index in [1.165, 1.54) is 11.8 Å². The number of anilines is 1. The molecule has 0 aromatic heterocycles. The summed E-state index contributed by atoms with van der Waals surface area (Å²) in [5, 5.41) is 2.63. The predicted molar refractivity (Wildman–Crippen MR) is 104 cm³/mol. The fourth-order valence-electron chi connectivity index (χ4n) is 2.04. The number of nitrogens with one attached hydrogen (secondary N) is 1. The number of benzene rings is 2. The Morgan fingerprint density at radius 2 is 1.84 bits per heavy atom. The van der Waals surface area contributed by atoms with E-state index >= 15 is 0 Å². The number of hydrogen-bond donors (Lipinski definition) is 1. The van der Waals surface area contributed by atoms with Crippen LogP contribution >= 0.6 is 46.6 Å². The number of rotatable bonds is 6. The molecule has 0 aliphatic rings. The van der Waals surface area contributed by atoms with Gasteiger partial charge in [0.25, 0.3) is 9.70 Å². The van der Waals surface area contributed by atoms with Gasteiger partial charge in [-0.15, -0.1) is 11.8 Å². The van der Waals surface area contributed by atoms with Crippen LogP contribution in [0.2, 0.25) is 0 Å².